The van der Waals surface area contributed by atoms with Crippen molar-refractivity contribution in [1.29, 1.82) is 0 Å². The van der Waals surface area contributed by atoms with E-state index in [0.29, 0.717) is 10.4 Å². The molecule has 2 N–H and O–H groups in total. The average molecular weight is 307 g/mol. The predicted octanol–water partition coefficient (Wildman–Crippen LogP) is 2.80. The van der Waals surface area contributed by atoms with Crippen LogP contribution in [0, 0.1) is 0 Å². The molecule has 0 unspecified atom stereocenters. The number of carbonyl (C=O) groups is 2. The van der Waals surface area contributed by atoms with E-state index in [1.54, 1.807) is 11.4 Å². The monoisotopic (exact) mass is 307 g/mol. The summed E-state index contributed by atoms with van der Waals surface area (Å²) < 4.78 is 35.8. The number of rotatable bonds is 6. The maximum Gasteiger partial charge on any atom is 0.389 e. The predicted molar refractivity (Wildman–Crippen MR) is 68.1 cm³/mol. The molecule has 0 aliphatic carbocycles. The summed E-state index contributed by atoms with van der Waals surface area (Å²) in [5, 5.41) is 12.6. The third kappa shape index (κ3) is 6.37. The minimum absolute atomic E-state index is 0.0770. The van der Waals surface area contributed by atoms with Gasteiger partial charge < -0.3 is 10.4 Å². The van der Waals surface area contributed by atoms with Crippen LogP contribution in [0.15, 0.2) is 17.5 Å². The molecule has 1 amide bonds. The molecule has 0 atom stereocenters. The van der Waals surface area contributed by atoms with Crippen molar-refractivity contribution in [1.82, 2.24) is 5.32 Å². The van der Waals surface area contributed by atoms with Crippen molar-refractivity contribution >= 4 is 29.3 Å². The average Bonchev–Trinajstić information content (AvgIpc) is 2.77. The van der Waals surface area contributed by atoms with E-state index in [2.05, 4.69) is 5.32 Å². The van der Waals surface area contributed by atoms with Crippen LogP contribution in [-0.2, 0) is 16.1 Å². The summed E-state index contributed by atoms with van der Waals surface area (Å²) in [6.45, 7) is 0.0770. The van der Waals surface area contributed by atoms with Crippen LogP contribution in [0.4, 0.5) is 13.2 Å². The molecule has 0 saturated carbocycles. The van der Waals surface area contributed by atoms with Gasteiger partial charge in [0.05, 0.1) is 13.0 Å². The molecule has 4 nitrogen and oxygen atoms in total. The molecule has 8 heteroatoms. The van der Waals surface area contributed by atoms with Crippen molar-refractivity contribution in [3.63, 3.8) is 0 Å². The zero-order valence-electron chi connectivity index (χ0n) is 10.2. The van der Waals surface area contributed by atoms with Gasteiger partial charge in [0.25, 0.3) is 0 Å². The lowest BCUT2D eigenvalue weighted by Crippen LogP contribution is -2.24. The Hall–Kier alpha value is -1.83. The summed E-state index contributed by atoms with van der Waals surface area (Å²) in [6.07, 6.45) is -3.80. The van der Waals surface area contributed by atoms with Crippen molar-refractivity contribution in [2.75, 3.05) is 0 Å². The molecule has 1 rings (SSSR count). The van der Waals surface area contributed by atoms with Gasteiger partial charge in [-0.05, 0) is 23.1 Å². The summed E-state index contributed by atoms with van der Waals surface area (Å²) >= 11 is 1.29. The highest BCUT2D eigenvalue weighted by molar-refractivity contribution is 7.10. The number of aliphatic carboxylic acids is 1. The topological polar surface area (TPSA) is 66.4 Å². The lowest BCUT2D eigenvalue weighted by molar-refractivity contribution is -0.144. The molecule has 0 aliphatic rings. The number of hydrogen-bond donors (Lipinski definition) is 2. The lowest BCUT2D eigenvalue weighted by atomic mass is 10.2. The van der Waals surface area contributed by atoms with Crippen molar-refractivity contribution in [2.24, 2.45) is 0 Å². The SMILES string of the molecule is O=C(O)/C=C/c1ccsc1CNC(=O)CCC(F)(F)F. The Balaban J connectivity index is 2.48. The number of alkyl halides is 3. The summed E-state index contributed by atoms with van der Waals surface area (Å²) in [7, 11) is 0. The quantitative estimate of drug-likeness (QED) is 0.794. The van der Waals surface area contributed by atoms with E-state index in [4.69, 9.17) is 5.11 Å². The van der Waals surface area contributed by atoms with Gasteiger partial charge in [-0.1, -0.05) is 0 Å². The number of carbonyl (C=O) groups excluding carboxylic acids is 1. The summed E-state index contributed by atoms with van der Waals surface area (Å²) in [5.41, 5.74) is 0.619. The number of thiophene rings is 1. The Bertz CT molecular complexity index is 508. The fourth-order valence-corrected chi connectivity index (χ4v) is 2.13. The van der Waals surface area contributed by atoms with Crippen LogP contribution in [0.5, 0.6) is 0 Å². The largest absolute Gasteiger partial charge is 0.478 e. The van der Waals surface area contributed by atoms with Crippen LogP contribution in [0.25, 0.3) is 6.08 Å². The zero-order chi connectivity index (χ0) is 15.2. The van der Waals surface area contributed by atoms with Crippen LogP contribution in [-0.4, -0.2) is 23.2 Å². The Labute approximate surface area is 116 Å². The lowest BCUT2D eigenvalue weighted by Gasteiger charge is -2.07. The first kappa shape index (κ1) is 16.2. The normalized spacial score (nSPS) is 11.8. The Morgan fingerprint density at radius 1 is 1.40 bits per heavy atom. The highest BCUT2D eigenvalue weighted by atomic mass is 32.1. The van der Waals surface area contributed by atoms with Gasteiger partial charge in [-0.15, -0.1) is 11.3 Å². The van der Waals surface area contributed by atoms with Gasteiger partial charge in [0.1, 0.15) is 0 Å². The van der Waals surface area contributed by atoms with E-state index in [1.165, 1.54) is 17.4 Å². The molecule has 0 bridgehead atoms. The third-order valence-electron chi connectivity index (χ3n) is 2.27. The van der Waals surface area contributed by atoms with Crippen molar-refractivity contribution in [3.05, 3.63) is 28.0 Å². The molecule has 0 saturated heterocycles. The molecule has 0 aromatic carbocycles. The summed E-state index contributed by atoms with van der Waals surface area (Å²) in [6, 6.07) is 1.67. The highest BCUT2D eigenvalue weighted by Gasteiger charge is 2.27. The maximum atomic E-state index is 11.9. The second kappa shape index (κ2) is 7.09. The summed E-state index contributed by atoms with van der Waals surface area (Å²) in [4.78, 5) is 22.3. The number of halogens is 3. The third-order valence-corrected chi connectivity index (χ3v) is 3.20. The van der Waals surface area contributed by atoms with Crippen molar-refractivity contribution in [2.45, 2.75) is 25.6 Å². The molecule has 0 radical (unpaired) electrons. The zero-order valence-corrected chi connectivity index (χ0v) is 11.1. The van der Waals surface area contributed by atoms with Gasteiger partial charge in [0, 0.05) is 17.4 Å². The number of nitrogens with one attached hydrogen (secondary N) is 1. The van der Waals surface area contributed by atoms with Crippen LogP contribution in [0.3, 0.4) is 0 Å². The van der Waals surface area contributed by atoms with E-state index < -0.39 is 30.9 Å². The van der Waals surface area contributed by atoms with Crippen molar-refractivity contribution in [3.8, 4) is 0 Å². The number of hydrogen-bond acceptors (Lipinski definition) is 3. The van der Waals surface area contributed by atoms with E-state index >= 15 is 0 Å². The standard InChI is InChI=1S/C12H12F3NO3S/c13-12(14,15)5-3-10(17)16-7-9-8(4-6-20-9)1-2-11(18)19/h1-2,4,6H,3,5,7H2,(H,16,17)(H,18,19)/b2-1+. The van der Waals surface area contributed by atoms with Gasteiger partial charge in [-0.25, -0.2) is 4.79 Å². The van der Waals surface area contributed by atoms with E-state index in [9.17, 15) is 22.8 Å². The minimum Gasteiger partial charge on any atom is -0.478 e. The second-order valence-corrected chi connectivity index (χ2v) is 4.86. The Morgan fingerprint density at radius 3 is 2.70 bits per heavy atom. The van der Waals surface area contributed by atoms with Gasteiger partial charge in [-0.2, -0.15) is 13.2 Å². The molecule has 0 spiro atoms. The molecule has 110 valence electrons. The van der Waals surface area contributed by atoms with Gasteiger partial charge in [-0.3, -0.25) is 4.79 Å². The van der Waals surface area contributed by atoms with Gasteiger partial charge >= 0.3 is 12.1 Å². The maximum absolute atomic E-state index is 11.9. The molecular formula is C12H12F3NO3S. The molecule has 1 heterocycles. The molecular weight excluding hydrogens is 295 g/mol. The highest BCUT2D eigenvalue weighted by Crippen LogP contribution is 2.21. The fraction of sp³-hybridized carbons (Fsp3) is 0.333. The fourth-order valence-electron chi connectivity index (χ4n) is 1.33. The molecule has 1 aromatic rings. The van der Waals surface area contributed by atoms with E-state index in [0.717, 1.165) is 6.08 Å². The first-order valence-corrected chi connectivity index (χ1v) is 6.47. The van der Waals surface area contributed by atoms with Crippen LogP contribution in [0.2, 0.25) is 0 Å². The molecule has 0 fully saturated rings. The van der Waals surface area contributed by atoms with E-state index in [-0.39, 0.29) is 6.54 Å². The van der Waals surface area contributed by atoms with Gasteiger partial charge in [0.15, 0.2) is 0 Å². The van der Waals surface area contributed by atoms with Crippen molar-refractivity contribution < 1.29 is 27.9 Å². The minimum atomic E-state index is -4.35. The number of amides is 1. The second-order valence-electron chi connectivity index (χ2n) is 3.86. The van der Waals surface area contributed by atoms with E-state index in [1.807, 2.05) is 0 Å². The molecule has 1 aromatic heterocycles. The van der Waals surface area contributed by atoms with Crippen LogP contribution in [0.1, 0.15) is 23.3 Å². The van der Waals surface area contributed by atoms with Crippen LogP contribution < -0.4 is 5.32 Å². The summed E-state index contributed by atoms with van der Waals surface area (Å²) in [5.74, 6) is -1.79. The Morgan fingerprint density at radius 2 is 2.10 bits per heavy atom. The number of carboxylic acids is 1. The Kier molecular flexibility index (Phi) is 5.75. The van der Waals surface area contributed by atoms with Crippen LogP contribution >= 0.6 is 11.3 Å². The first-order chi connectivity index (χ1) is 9.28. The number of carboxylic acid groups (broad SMARTS) is 1. The first-order valence-electron chi connectivity index (χ1n) is 5.59. The molecule has 0 aliphatic heterocycles. The smallest absolute Gasteiger partial charge is 0.389 e. The molecule has 20 heavy (non-hydrogen) atoms. The van der Waals surface area contributed by atoms with Gasteiger partial charge in [0.2, 0.25) is 5.91 Å².